The lowest BCUT2D eigenvalue weighted by Gasteiger charge is -2.57. The van der Waals surface area contributed by atoms with Crippen LogP contribution in [0.1, 0.15) is 46.0 Å². The number of esters is 2. The van der Waals surface area contributed by atoms with E-state index in [-0.39, 0.29) is 36.5 Å². The summed E-state index contributed by atoms with van der Waals surface area (Å²) in [7, 11) is 0. The predicted octanol–water partition coefficient (Wildman–Crippen LogP) is 2.48. The Hall–Kier alpha value is -1.40. The lowest BCUT2D eigenvalue weighted by Crippen LogP contribution is -2.62. The van der Waals surface area contributed by atoms with E-state index in [0.717, 1.165) is 24.8 Å². The molecular formula is C17H24O6. The van der Waals surface area contributed by atoms with Crippen LogP contribution in [-0.2, 0) is 24.0 Å². The SMILES string of the molecule is C=C1CCCC2(COC(C)=O)CC3OC(=O)C(C)C3CC12OO. The average molecular weight is 324 g/mol. The second-order valence-electron chi connectivity index (χ2n) is 7.27. The van der Waals surface area contributed by atoms with Crippen LogP contribution in [0.2, 0.25) is 0 Å². The summed E-state index contributed by atoms with van der Waals surface area (Å²) in [5.74, 6) is -0.829. The summed E-state index contributed by atoms with van der Waals surface area (Å²) in [4.78, 5) is 28.4. The molecule has 5 atom stereocenters. The number of rotatable bonds is 3. The maximum Gasteiger partial charge on any atom is 0.309 e. The molecule has 6 heteroatoms. The highest BCUT2D eigenvalue weighted by Crippen LogP contribution is 2.60. The lowest BCUT2D eigenvalue weighted by atomic mass is 9.52. The van der Waals surface area contributed by atoms with Gasteiger partial charge in [-0.05, 0) is 37.7 Å². The third-order valence-corrected chi connectivity index (χ3v) is 6.14. The van der Waals surface area contributed by atoms with Gasteiger partial charge in [-0.15, -0.1) is 0 Å². The van der Waals surface area contributed by atoms with Crippen molar-refractivity contribution in [3.63, 3.8) is 0 Å². The molecule has 1 N–H and O–H groups in total. The molecule has 0 aromatic carbocycles. The number of fused-ring (bicyclic) bond motifs is 2. The zero-order chi connectivity index (χ0) is 16.8. The van der Waals surface area contributed by atoms with Gasteiger partial charge in [0.2, 0.25) is 0 Å². The van der Waals surface area contributed by atoms with Crippen molar-refractivity contribution in [1.82, 2.24) is 0 Å². The van der Waals surface area contributed by atoms with E-state index < -0.39 is 11.0 Å². The van der Waals surface area contributed by atoms with Crippen LogP contribution in [0.4, 0.5) is 0 Å². The summed E-state index contributed by atoms with van der Waals surface area (Å²) in [6.45, 7) is 7.47. The van der Waals surface area contributed by atoms with Crippen LogP contribution >= 0.6 is 0 Å². The fourth-order valence-corrected chi connectivity index (χ4v) is 4.79. The standard InChI is InChI=1S/C17H24O6/c1-10-5-4-6-16(9-21-12(3)18)8-14-13(7-17(10,16)23-20)11(2)15(19)22-14/h11,13-14,20H,1,4-9H2,2-3H3. The third-order valence-electron chi connectivity index (χ3n) is 6.14. The quantitative estimate of drug-likeness (QED) is 0.372. The highest BCUT2D eigenvalue weighted by atomic mass is 17.1. The molecule has 1 heterocycles. The van der Waals surface area contributed by atoms with Crippen molar-refractivity contribution in [2.45, 2.75) is 57.7 Å². The summed E-state index contributed by atoms with van der Waals surface area (Å²) in [5.41, 5.74) is -0.776. The van der Waals surface area contributed by atoms with Gasteiger partial charge < -0.3 is 9.47 Å². The van der Waals surface area contributed by atoms with E-state index in [4.69, 9.17) is 14.4 Å². The molecule has 1 saturated heterocycles. The summed E-state index contributed by atoms with van der Waals surface area (Å²) < 4.78 is 10.8. The fraction of sp³-hybridized carbons (Fsp3) is 0.765. The van der Waals surface area contributed by atoms with Crippen LogP contribution in [0.25, 0.3) is 0 Å². The van der Waals surface area contributed by atoms with Gasteiger partial charge >= 0.3 is 11.9 Å². The van der Waals surface area contributed by atoms with Gasteiger partial charge in [-0.3, -0.25) is 14.8 Å². The van der Waals surface area contributed by atoms with Gasteiger partial charge in [-0.1, -0.05) is 13.5 Å². The molecule has 0 aromatic rings. The first-order valence-corrected chi connectivity index (χ1v) is 8.20. The first-order valence-electron chi connectivity index (χ1n) is 8.20. The van der Waals surface area contributed by atoms with Crippen molar-refractivity contribution in [1.29, 1.82) is 0 Å². The second-order valence-corrected chi connectivity index (χ2v) is 7.27. The van der Waals surface area contributed by atoms with Crippen molar-refractivity contribution in [2.24, 2.45) is 17.3 Å². The zero-order valence-corrected chi connectivity index (χ0v) is 13.7. The fourth-order valence-electron chi connectivity index (χ4n) is 4.79. The average Bonchev–Trinajstić information content (AvgIpc) is 2.78. The molecule has 2 saturated carbocycles. The Kier molecular flexibility index (Phi) is 4.01. The number of carbonyl (C=O) groups excluding carboxylic acids is 2. The van der Waals surface area contributed by atoms with Gasteiger partial charge in [-0.25, -0.2) is 4.89 Å². The highest BCUT2D eigenvalue weighted by molar-refractivity contribution is 5.75. The highest BCUT2D eigenvalue weighted by Gasteiger charge is 2.65. The van der Waals surface area contributed by atoms with Crippen molar-refractivity contribution in [2.75, 3.05) is 6.61 Å². The van der Waals surface area contributed by atoms with Crippen LogP contribution in [0.15, 0.2) is 12.2 Å². The van der Waals surface area contributed by atoms with Gasteiger partial charge in [0.25, 0.3) is 0 Å². The third kappa shape index (κ3) is 2.31. The molecular weight excluding hydrogens is 300 g/mol. The van der Waals surface area contributed by atoms with Crippen molar-refractivity contribution in [3.8, 4) is 0 Å². The molecule has 3 fully saturated rings. The van der Waals surface area contributed by atoms with E-state index in [0.29, 0.717) is 12.8 Å². The molecule has 23 heavy (non-hydrogen) atoms. The van der Waals surface area contributed by atoms with E-state index in [9.17, 15) is 14.8 Å². The molecule has 3 aliphatic rings. The second kappa shape index (κ2) is 5.60. The van der Waals surface area contributed by atoms with Crippen LogP contribution in [0, 0.1) is 17.3 Å². The molecule has 0 amide bonds. The normalized spacial score (nSPS) is 42.7. The molecule has 5 unspecified atom stereocenters. The minimum Gasteiger partial charge on any atom is -0.465 e. The Morgan fingerprint density at radius 2 is 2.22 bits per heavy atom. The van der Waals surface area contributed by atoms with Gasteiger partial charge in [0.05, 0.1) is 5.92 Å². The van der Waals surface area contributed by atoms with E-state index >= 15 is 0 Å². The monoisotopic (exact) mass is 324 g/mol. The van der Waals surface area contributed by atoms with Gasteiger partial charge in [0.15, 0.2) is 0 Å². The molecule has 0 bridgehead atoms. The minimum atomic E-state index is -0.982. The first-order chi connectivity index (χ1) is 10.8. The maximum atomic E-state index is 12.0. The largest absolute Gasteiger partial charge is 0.465 e. The van der Waals surface area contributed by atoms with Gasteiger partial charge in [-0.2, -0.15) is 0 Å². The van der Waals surface area contributed by atoms with E-state index in [1.165, 1.54) is 6.92 Å². The van der Waals surface area contributed by atoms with Crippen LogP contribution in [0.3, 0.4) is 0 Å². The lowest BCUT2D eigenvalue weighted by molar-refractivity contribution is -0.365. The van der Waals surface area contributed by atoms with E-state index in [2.05, 4.69) is 6.58 Å². The van der Waals surface area contributed by atoms with Crippen LogP contribution in [0.5, 0.6) is 0 Å². The van der Waals surface area contributed by atoms with Gasteiger partial charge in [0.1, 0.15) is 18.3 Å². The van der Waals surface area contributed by atoms with Crippen LogP contribution < -0.4 is 0 Å². The molecule has 6 nitrogen and oxygen atoms in total. The Balaban J connectivity index is 2.00. The zero-order valence-electron chi connectivity index (χ0n) is 13.7. The van der Waals surface area contributed by atoms with Crippen molar-refractivity contribution < 1.29 is 29.2 Å². The summed E-state index contributed by atoms with van der Waals surface area (Å²) in [6.07, 6.45) is 3.12. The number of hydrogen-bond acceptors (Lipinski definition) is 6. The van der Waals surface area contributed by atoms with Crippen molar-refractivity contribution >= 4 is 11.9 Å². The number of carbonyl (C=O) groups is 2. The Labute approximate surface area is 135 Å². The van der Waals surface area contributed by atoms with Gasteiger partial charge in [0, 0.05) is 18.3 Å². The molecule has 3 rings (SSSR count). The van der Waals surface area contributed by atoms with Crippen molar-refractivity contribution in [3.05, 3.63) is 12.2 Å². The first kappa shape index (κ1) is 16.5. The molecule has 0 aromatic heterocycles. The van der Waals surface area contributed by atoms with E-state index in [1.54, 1.807) is 0 Å². The maximum absolute atomic E-state index is 12.0. The Bertz CT molecular complexity index is 543. The Morgan fingerprint density at radius 3 is 2.87 bits per heavy atom. The topological polar surface area (TPSA) is 82.1 Å². The number of ether oxygens (including phenoxy) is 2. The predicted molar refractivity (Wildman–Crippen MR) is 80.3 cm³/mol. The minimum absolute atomic E-state index is 0.0186. The summed E-state index contributed by atoms with van der Waals surface area (Å²) in [6, 6.07) is 0. The van der Waals surface area contributed by atoms with E-state index in [1.807, 2.05) is 6.92 Å². The number of hydrogen-bond donors (Lipinski definition) is 1. The molecule has 0 spiro atoms. The molecule has 0 radical (unpaired) electrons. The molecule has 1 aliphatic heterocycles. The Morgan fingerprint density at radius 1 is 1.48 bits per heavy atom. The summed E-state index contributed by atoms with van der Waals surface area (Å²) >= 11 is 0. The molecule has 128 valence electrons. The molecule has 2 aliphatic carbocycles. The summed E-state index contributed by atoms with van der Waals surface area (Å²) in [5, 5.41) is 9.82. The van der Waals surface area contributed by atoms with Crippen LogP contribution in [-0.4, -0.2) is 35.5 Å². The smallest absolute Gasteiger partial charge is 0.309 e.